The molecule has 0 aliphatic rings. The Kier molecular flexibility index (Phi) is 9.73. The summed E-state index contributed by atoms with van der Waals surface area (Å²) in [6.07, 6.45) is 2.03. The number of rotatable bonds is 10. The molecule has 1 rings (SSSR count). The van der Waals surface area contributed by atoms with Gasteiger partial charge in [-0.1, -0.05) is 44.2 Å². The minimum Gasteiger partial charge on any atom is -0.383 e. The zero-order valence-electron chi connectivity index (χ0n) is 16.8. The molecule has 6 heteroatoms. The number of benzene rings is 1. The third-order valence-corrected chi connectivity index (χ3v) is 4.80. The van der Waals surface area contributed by atoms with Crippen molar-refractivity contribution >= 4 is 11.9 Å². The Morgan fingerprint density at radius 2 is 1.81 bits per heavy atom. The lowest BCUT2D eigenvalue weighted by Crippen LogP contribution is -2.46. The average Bonchev–Trinajstić information content (AvgIpc) is 2.67. The number of guanidine groups is 1. The first-order chi connectivity index (χ1) is 12.5. The maximum absolute atomic E-state index is 11.9. The average molecular weight is 363 g/mol. The van der Waals surface area contributed by atoms with Crippen LogP contribution in [0.15, 0.2) is 35.3 Å². The summed E-state index contributed by atoms with van der Waals surface area (Å²) in [6, 6.07) is 10.6. The zero-order chi connectivity index (χ0) is 19.4. The topological polar surface area (TPSA) is 66.0 Å². The molecule has 0 atom stereocenters. The summed E-state index contributed by atoms with van der Waals surface area (Å²) in [5.74, 6) is 0.609. The molecule has 0 bridgehead atoms. The van der Waals surface area contributed by atoms with Gasteiger partial charge in [0.05, 0.1) is 6.61 Å². The summed E-state index contributed by atoms with van der Waals surface area (Å²) < 4.78 is 5.09. The van der Waals surface area contributed by atoms with Gasteiger partial charge in [0, 0.05) is 39.7 Å². The molecular weight excluding hydrogens is 328 g/mol. The van der Waals surface area contributed by atoms with Gasteiger partial charge in [-0.15, -0.1) is 0 Å². The summed E-state index contributed by atoms with van der Waals surface area (Å²) in [5, 5.41) is 6.66. The second-order valence-corrected chi connectivity index (χ2v) is 6.58. The van der Waals surface area contributed by atoms with Crippen LogP contribution in [-0.4, -0.2) is 64.2 Å². The molecule has 0 fully saturated rings. The molecule has 26 heavy (non-hydrogen) atoms. The fourth-order valence-electron chi connectivity index (χ4n) is 2.79. The first-order valence-electron chi connectivity index (χ1n) is 9.26. The van der Waals surface area contributed by atoms with Crippen molar-refractivity contribution in [2.75, 3.05) is 47.4 Å². The molecule has 0 radical (unpaired) electrons. The van der Waals surface area contributed by atoms with Crippen LogP contribution < -0.4 is 10.6 Å². The van der Waals surface area contributed by atoms with Crippen LogP contribution in [0.4, 0.5) is 0 Å². The predicted octanol–water partition coefficient (Wildman–Crippen LogP) is 2.01. The molecule has 1 aromatic carbocycles. The number of hydrogen-bond acceptors (Lipinski definition) is 3. The van der Waals surface area contributed by atoms with Crippen molar-refractivity contribution in [1.29, 1.82) is 0 Å². The maximum Gasteiger partial charge on any atom is 0.243 e. The third kappa shape index (κ3) is 6.67. The number of aliphatic imine (C=N–C) groups is 1. The van der Waals surface area contributed by atoms with Gasteiger partial charge >= 0.3 is 0 Å². The van der Waals surface area contributed by atoms with Gasteiger partial charge in [0.1, 0.15) is 6.54 Å². The van der Waals surface area contributed by atoms with Crippen molar-refractivity contribution in [1.82, 2.24) is 15.5 Å². The van der Waals surface area contributed by atoms with Crippen LogP contribution in [0.3, 0.4) is 0 Å². The summed E-state index contributed by atoms with van der Waals surface area (Å²) in [4.78, 5) is 17.8. The number of carbonyl (C=O) groups is 1. The molecule has 0 unspecified atom stereocenters. The van der Waals surface area contributed by atoms with Crippen molar-refractivity contribution in [2.24, 2.45) is 4.99 Å². The van der Waals surface area contributed by atoms with Gasteiger partial charge in [-0.3, -0.25) is 4.79 Å². The summed E-state index contributed by atoms with van der Waals surface area (Å²) in [6.45, 7) is 6.50. The molecule has 0 saturated carbocycles. The van der Waals surface area contributed by atoms with Gasteiger partial charge in [-0.2, -0.15) is 0 Å². The molecule has 0 aliphatic carbocycles. The molecule has 0 aromatic heterocycles. The van der Waals surface area contributed by atoms with Crippen molar-refractivity contribution in [3.63, 3.8) is 0 Å². The number of amides is 1. The van der Waals surface area contributed by atoms with E-state index in [0.29, 0.717) is 19.1 Å². The third-order valence-electron chi connectivity index (χ3n) is 4.80. The van der Waals surface area contributed by atoms with Gasteiger partial charge in [0.25, 0.3) is 0 Å². The van der Waals surface area contributed by atoms with E-state index >= 15 is 0 Å². The minimum atomic E-state index is -0.0295. The second-order valence-electron chi connectivity index (χ2n) is 6.58. The molecule has 0 heterocycles. The number of hydrogen-bond donors (Lipinski definition) is 2. The highest BCUT2D eigenvalue weighted by atomic mass is 16.5. The van der Waals surface area contributed by atoms with E-state index in [1.165, 1.54) is 5.56 Å². The van der Waals surface area contributed by atoms with E-state index in [4.69, 9.17) is 4.74 Å². The fourth-order valence-corrected chi connectivity index (χ4v) is 2.79. The Morgan fingerprint density at radius 1 is 1.15 bits per heavy atom. The van der Waals surface area contributed by atoms with Crippen LogP contribution in [-0.2, 0) is 14.9 Å². The van der Waals surface area contributed by atoms with Crippen molar-refractivity contribution in [2.45, 2.75) is 32.1 Å². The number of likely N-dealkylation sites (N-methyl/N-ethyl adjacent to an activating group) is 1. The highest BCUT2D eigenvalue weighted by Gasteiger charge is 2.28. The van der Waals surface area contributed by atoms with E-state index in [1.54, 1.807) is 26.1 Å². The Bertz CT molecular complexity index is 554. The monoisotopic (exact) mass is 362 g/mol. The van der Waals surface area contributed by atoms with E-state index in [2.05, 4.69) is 53.7 Å². The molecule has 2 N–H and O–H groups in total. The Labute approximate surface area is 158 Å². The highest BCUT2D eigenvalue weighted by Crippen LogP contribution is 2.30. The Morgan fingerprint density at radius 3 is 2.35 bits per heavy atom. The SMILES string of the molecule is CCC(CC)(CNC(=NCC(=O)N(C)C)NCCOC)c1ccccc1. The Hall–Kier alpha value is -2.08. The first kappa shape index (κ1) is 22.0. The number of nitrogens with zero attached hydrogens (tertiary/aromatic N) is 2. The largest absolute Gasteiger partial charge is 0.383 e. The lowest BCUT2D eigenvalue weighted by Gasteiger charge is -2.33. The van der Waals surface area contributed by atoms with Crippen LogP contribution in [0.25, 0.3) is 0 Å². The van der Waals surface area contributed by atoms with Gasteiger partial charge in [-0.25, -0.2) is 4.99 Å². The molecule has 0 saturated heterocycles. The number of nitrogens with one attached hydrogen (secondary N) is 2. The van der Waals surface area contributed by atoms with Crippen LogP contribution in [0.5, 0.6) is 0 Å². The molecular formula is C20H34N4O2. The minimum absolute atomic E-state index is 0.0243. The summed E-state index contributed by atoms with van der Waals surface area (Å²) in [7, 11) is 5.13. The summed E-state index contributed by atoms with van der Waals surface area (Å²) in [5.41, 5.74) is 1.34. The van der Waals surface area contributed by atoms with Crippen LogP contribution in [0, 0.1) is 0 Å². The van der Waals surface area contributed by atoms with E-state index < -0.39 is 0 Å². The Balaban J connectivity index is 2.86. The van der Waals surface area contributed by atoms with Crippen molar-refractivity contribution in [3.8, 4) is 0 Å². The number of methoxy groups -OCH3 is 1. The second kappa shape index (κ2) is 11.5. The van der Waals surface area contributed by atoms with Crippen LogP contribution in [0.1, 0.15) is 32.3 Å². The lowest BCUT2D eigenvalue weighted by molar-refractivity contribution is -0.127. The first-order valence-corrected chi connectivity index (χ1v) is 9.26. The molecule has 1 aromatic rings. The van der Waals surface area contributed by atoms with Gasteiger partial charge in [-0.05, 0) is 18.4 Å². The quantitative estimate of drug-likeness (QED) is 0.380. The van der Waals surface area contributed by atoms with Gasteiger partial charge < -0.3 is 20.3 Å². The van der Waals surface area contributed by atoms with E-state index in [-0.39, 0.29) is 17.9 Å². The van der Waals surface area contributed by atoms with Crippen molar-refractivity contribution in [3.05, 3.63) is 35.9 Å². The van der Waals surface area contributed by atoms with E-state index in [9.17, 15) is 4.79 Å². The number of ether oxygens (including phenoxy) is 1. The van der Waals surface area contributed by atoms with Crippen LogP contribution in [0.2, 0.25) is 0 Å². The fraction of sp³-hybridized carbons (Fsp3) is 0.600. The normalized spacial score (nSPS) is 12.0. The maximum atomic E-state index is 11.9. The summed E-state index contributed by atoms with van der Waals surface area (Å²) >= 11 is 0. The lowest BCUT2D eigenvalue weighted by atomic mass is 9.76. The van der Waals surface area contributed by atoms with Crippen molar-refractivity contribution < 1.29 is 9.53 Å². The molecule has 6 nitrogen and oxygen atoms in total. The van der Waals surface area contributed by atoms with Gasteiger partial charge in [0.2, 0.25) is 5.91 Å². The number of carbonyl (C=O) groups excluding carboxylic acids is 1. The van der Waals surface area contributed by atoms with Gasteiger partial charge in [0.15, 0.2) is 5.96 Å². The molecule has 146 valence electrons. The molecule has 0 aliphatic heterocycles. The van der Waals surface area contributed by atoms with E-state index in [1.807, 2.05) is 6.07 Å². The molecule has 1 amide bonds. The standard InChI is InChI=1S/C20H34N4O2/c1-6-20(7-2,17-11-9-8-10-12-17)16-23-19(21-13-14-26-5)22-15-18(25)24(3)4/h8-12H,6-7,13-16H2,1-5H3,(H2,21,22,23). The van der Waals surface area contributed by atoms with E-state index in [0.717, 1.165) is 19.4 Å². The van der Waals surface area contributed by atoms with Crippen LogP contribution >= 0.6 is 0 Å². The predicted molar refractivity (Wildman–Crippen MR) is 108 cm³/mol. The smallest absolute Gasteiger partial charge is 0.243 e. The zero-order valence-corrected chi connectivity index (χ0v) is 16.8. The molecule has 0 spiro atoms. The highest BCUT2D eigenvalue weighted by molar-refractivity contribution is 5.84.